The maximum absolute atomic E-state index is 11.8. The normalized spacial score (nSPS) is 9.93. The van der Waals surface area contributed by atoms with Crippen LogP contribution in [-0.2, 0) is 0 Å². The van der Waals surface area contributed by atoms with Crippen LogP contribution in [0.15, 0.2) is 18.2 Å². The summed E-state index contributed by atoms with van der Waals surface area (Å²) in [6, 6.07) is 5.39. The summed E-state index contributed by atoms with van der Waals surface area (Å²) in [6.07, 6.45) is 0.504. The Hall–Kier alpha value is -0.960. The summed E-state index contributed by atoms with van der Waals surface area (Å²) in [5, 5.41) is 3.61. The average Bonchev–Trinajstić information content (AvgIpc) is 2.18. The van der Waals surface area contributed by atoms with Gasteiger partial charge in [-0.25, -0.2) is 0 Å². The van der Waals surface area contributed by atoms with E-state index in [4.69, 9.17) is 16.3 Å². The minimum absolute atomic E-state index is 0.309. The van der Waals surface area contributed by atoms with Crippen molar-refractivity contribution in [3.8, 4) is 5.75 Å². The van der Waals surface area contributed by atoms with Gasteiger partial charge in [0, 0.05) is 12.2 Å². The Labute approximate surface area is 88.0 Å². The third-order valence-electron chi connectivity index (χ3n) is 1.79. The predicted octanol–water partition coefficient (Wildman–Crippen LogP) is 3.12. The van der Waals surface area contributed by atoms with Crippen molar-refractivity contribution < 1.29 is 9.13 Å². The van der Waals surface area contributed by atoms with E-state index in [-0.39, 0.29) is 6.67 Å². The Balaban J connectivity index is 2.57. The summed E-state index contributed by atoms with van der Waals surface area (Å²) < 4.78 is 16.8. The van der Waals surface area contributed by atoms with Crippen molar-refractivity contribution in [3.63, 3.8) is 0 Å². The molecule has 0 atom stereocenters. The Kier molecular flexibility index (Phi) is 4.53. The quantitative estimate of drug-likeness (QED) is 0.766. The van der Waals surface area contributed by atoms with Crippen molar-refractivity contribution in [1.82, 2.24) is 0 Å². The highest BCUT2D eigenvalue weighted by Crippen LogP contribution is 2.26. The van der Waals surface area contributed by atoms with Crippen molar-refractivity contribution >= 4 is 17.3 Å². The van der Waals surface area contributed by atoms with Gasteiger partial charge >= 0.3 is 0 Å². The van der Waals surface area contributed by atoms with Crippen molar-refractivity contribution in [2.45, 2.75) is 6.42 Å². The van der Waals surface area contributed by atoms with Crippen LogP contribution >= 0.6 is 11.6 Å². The fourth-order valence-electron chi connectivity index (χ4n) is 1.08. The number of benzene rings is 1. The third kappa shape index (κ3) is 3.07. The molecule has 1 rings (SSSR count). The maximum Gasteiger partial charge on any atom is 0.137 e. The zero-order valence-corrected chi connectivity index (χ0v) is 8.77. The number of methoxy groups -OCH3 is 1. The van der Waals surface area contributed by atoms with Gasteiger partial charge in [0.2, 0.25) is 0 Å². The third-order valence-corrected chi connectivity index (χ3v) is 2.09. The van der Waals surface area contributed by atoms with Crippen LogP contribution in [0, 0.1) is 0 Å². The molecule has 0 heterocycles. The number of hydrogen-bond donors (Lipinski definition) is 1. The molecular weight excluding hydrogens is 205 g/mol. The minimum Gasteiger partial charge on any atom is -0.495 e. The molecule has 1 aromatic carbocycles. The topological polar surface area (TPSA) is 21.3 Å². The van der Waals surface area contributed by atoms with Gasteiger partial charge < -0.3 is 10.1 Å². The first-order valence-electron chi connectivity index (χ1n) is 4.41. The van der Waals surface area contributed by atoms with E-state index in [1.54, 1.807) is 19.2 Å². The van der Waals surface area contributed by atoms with Gasteiger partial charge in [0.05, 0.1) is 18.8 Å². The summed E-state index contributed by atoms with van der Waals surface area (Å²) in [5.74, 6) is 0.641. The number of anilines is 1. The van der Waals surface area contributed by atoms with Crippen molar-refractivity contribution in [2.24, 2.45) is 0 Å². The van der Waals surface area contributed by atoms with Gasteiger partial charge in [0.15, 0.2) is 0 Å². The summed E-state index contributed by atoms with van der Waals surface area (Å²) in [4.78, 5) is 0. The highest BCUT2D eigenvalue weighted by Gasteiger charge is 2.00. The van der Waals surface area contributed by atoms with Crippen LogP contribution < -0.4 is 10.1 Å². The van der Waals surface area contributed by atoms with Gasteiger partial charge in [-0.15, -0.1) is 0 Å². The largest absolute Gasteiger partial charge is 0.495 e. The van der Waals surface area contributed by atoms with E-state index in [9.17, 15) is 4.39 Å². The lowest BCUT2D eigenvalue weighted by Gasteiger charge is -2.07. The molecule has 0 bridgehead atoms. The molecule has 1 N–H and O–H groups in total. The zero-order valence-electron chi connectivity index (χ0n) is 8.02. The van der Waals surface area contributed by atoms with Crippen LogP contribution in [0.25, 0.3) is 0 Å². The number of ether oxygens (including phenoxy) is 1. The van der Waals surface area contributed by atoms with E-state index in [0.717, 1.165) is 5.69 Å². The van der Waals surface area contributed by atoms with Crippen LogP contribution in [0.4, 0.5) is 10.1 Å². The number of halogens is 2. The van der Waals surface area contributed by atoms with E-state index in [1.807, 2.05) is 6.07 Å². The molecular formula is C10H13ClFNO. The predicted molar refractivity (Wildman–Crippen MR) is 57.1 cm³/mol. The Morgan fingerprint density at radius 3 is 2.86 bits per heavy atom. The van der Waals surface area contributed by atoms with Gasteiger partial charge in [-0.3, -0.25) is 4.39 Å². The maximum atomic E-state index is 11.8. The van der Waals surface area contributed by atoms with Crippen LogP contribution in [0.3, 0.4) is 0 Å². The van der Waals surface area contributed by atoms with E-state index < -0.39 is 0 Å². The smallest absolute Gasteiger partial charge is 0.137 e. The van der Waals surface area contributed by atoms with Crippen LogP contribution in [-0.4, -0.2) is 20.3 Å². The SMILES string of the molecule is COc1ccc(NCCCF)cc1Cl. The second-order valence-electron chi connectivity index (χ2n) is 2.82. The highest BCUT2D eigenvalue weighted by molar-refractivity contribution is 6.32. The zero-order chi connectivity index (χ0) is 10.4. The van der Waals surface area contributed by atoms with E-state index >= 15 is 0 Å². The molecule has 4 heteroatoms. The van der Waals surface area contributed by atoms with E-state index in [2.05, 4.69) is 5.32 Å². The summed E-state index contributed by atoms with van der Waals surface area (Å²) in [5.41, 5.74) is 0.879. The Morgan fingerprint density at radius 2 is 2.29 bits per heavy atom. The van der Waals surface area contributed by atoms with Gasteiger partial charge in [-0.2, -0.15) is 0 Å². The fourth-order valence-corrected chi connectivity index (χ4v) is 1.33. The minimum atomic E-state index is -0.309. The molecule has 0 saturated carbocycles. The molecule has 0 spiro atoms. The first-order chi connectivity index (χ1) is 6.77. The lowest BCUT2D eigenvalue weighted by Crippen LogP contribution is -2.02. The second kappa shape index (κ2) is 5.70. The molecule has 78 valence electrons. The van der Waals surface area contributed by atoms with E-state index in [0.29, 0.717) is 23.7 Å². The highest BCUT2D eigenvalue weighted by atomic mass is 35.5. The molecule has 14 heavy (non-hydrogen) atoms. The number of nitrogens with one attached hydrogen (secondary N) is 1. The molecule has 0 radical (unpaired) electrons. The van der Waals surface area contributed by atoms with Gasteiger partial charge in [0.25, 0.3) is 0 Å². The Morgan fingerprint density at radius 1 is 1.50 bits per heavy atom. The molecule has 0 unspecified atom stereocenters. The number of rotatable bonds is 5. The summed E-state index contributed by atoms with van der Waals surface area (Å²) in [6.45, 7) is 0.302. The molecule has 0 aliphatic rings. The first-order valence-corrected chi connectivity index (χ1v) is 4.79. The summed E-state index contributed by atoms with van der Waals surface area (Å²) >= 11 is 5.90. The standard InChI is InChI=1S/C10H13ClFNO/c1-14-10-4-3-8(7-9(10)11)13-6-2-5-12/h3-4,7,13H,2,5-6H2,1H3. The average molecular weight is 218 g/mol. The van der Waals surface area contributed by atoms with Crippen molar-refractivity contribution in [2.75, 3.05) is 25.6 Å². The second-order valence-corrected chi connectivity index (χ2v) is 3.23. The van der Waals surface area contributed by atoms with Gasteiger partial charge in [-0.1, -0.05) is 11.6 Å². The van der Waals surface area contributed by atoms with Crippen LogP contribution in [0.1, 0.15) is 6.42 Å². The monoisotopic (exact) mass is 217 g/mol. The number of hydrogen-bond acceptors (Lipinski definition) is 2. The first kappa shape index (κ1) is 11.1. The molecule has 0 aromatic heterocycles. The Bertz CT molecular complexity index is 293. The molecule has 0 aliphatic heterocycles. The molecule has 2 nitrogen and oxygen atoms in total. The van der Waals surface area contributed by atoms with Crippen LogP contribution in [0.5, 0.6) is 5.75 Å². The lowest BCUT2D eigenvalue weighted by molar-refractivity contribution is 0.415. The lowest BCUT2D eigenvalue weighted by atomic mass is 10.3. The summed E-state index contributed by atoms with van der Waals surface area (Å²) in [7, 11) is 1.57. The fraction of sp³-hybridized carbons (Fsp3) is 0.400. The van der Waals surface area contributed by atoms with Crippen molar-refractivity contribution in [3.05, 3.63) is 23.2 Å². The molecule has 0 saturated heterocycles. The molecule has 0 amide bonds. The van der Waals surface area contributed by atoms with Gasteiger partial charge in [0.1, 0.15) is 5.75 Å². The number of alkyl halides is 1. The molecule has 0 fully saturated rings. The van der Waals surface area contributed by atoms with E-state index in [1.165, 1.54) is 0 Å². The molecule has 1 aromatic rings. The van der Waals surface area contributed by atoms with Crippen LogP contribution in [0.2, 0.25) is 5.02 Å². The van der Waals surface area contributed by atoms with Crippen molar-refractivity contribution in [1.29, 1.82) is 0 Å². The van der Waals surface area contributed by atoms with Gasteiger partial charge in [-0.05, 0) is 24.6 Å². The molecule has 0 aliphatic carbocycles.